The molecule has 0 fully saturated rings. The topological polar surface area (TPSA) is 121 Å². The van der Waals surface area contributed by atoms with Crippen LogP contribution in [0.25, 0.3) is 0 Å². The number of carbonyl (C=O) groups excluding carboxylic acids is 1. The third-order valence-electron chi connectivity index (χ3n) is 3.93. The fraction of sp³-hybridized carbons (Fsp3) is 0.105. The molecule has 0 aliphatic rings. The molecule has 0 bridgehead atoms. The summed E-state index contributed by atoms with van der Waals surface area (Å²) in [5.41, 5.74) is 1.93. The van der Waals surface area contributed by atoms with E-state index in [-0.39, 0.29) is 15.5 Å². The van der Waals surface area contributed by atoms with Crippen molar-refractivity contribution in [3.05, 3.63) is 71.1 Å². The Morgan fingerprint density at radius 3 is 2.33 bits per heavy atom. The first-order valence-corrected chi connectivity index (χ1v) is 12.9. The molecule has 1 aromatic heterocycles. The summed E-state index contributed by atoms with van der Waals surface area (Å²) >= 11 is 1.09. The molecule has 0 spiro atoms. The van der Waals surface area contributed by atoms with Crippen LogP contribution in [0, 0.1) is 6.92 Å². The summed E-state index contributed by atoms with van der Waals surface area (Å²) < 4.78 is 52.7. The molecule has 0 aliphatic heterocycles. The number of rotatable bonds is 7. The van der Waals surface area contributed by atoms with Gasteiger partial charge in [0.1, 0.15) is 4.21 Å². The lowest BCUT2D eigenvalue weighted by molar-refractivity contribution is 0.102. The lowest BCUT2D eigenvalue weighted by Gasteiger charge is -2.12. The molecule has 0 saturated carbocycles. The number of nitrogens with one attached hydrogen (secondary N) is 3. The molecule has 11 heteroatoms. The molecule has 3 N–H and O–H groups in total. The number of hydrogen-bond donors (Lipinski definition) is 3. The number of anilines is 3. The Balaban J connectivity index is 1.78. The Bertz CT molecular complexity index is 1280. The van der Waals surface area contributed by atoms with Gasteiger partial charge in [-0.3, -0.25) is 14.2 Å². The van der Waals surface area contributed by atoms with Crippen molar-refractivity contribution in [3.63, 3.8) is 0 Å². The van der Waals surface area contributed by atoms with Gasteiger partial charge in [-0.2, -0.15) is 0 Å². The number of sulfonamides is 2. The van der Waals surface area contributed by atoms with Crippen molar-refractivity contribution in [1.29, 1.82) is 0 Å². The first-order valence-electron chi connectivity index (χ1n) is 8.60. The fourth-order valence-corrected chi connectivity index (χ4v) is 5.22. The predicted octanol–water partition coefficient (Wildman–Crippen LogP) is 3.48. The highest BCUT2D eigenvalue weighted by molar-refractivity contribution is 7.94. The number of benzene rings is 2. The molecule has 0 unspecified atom stereocenters. The van der Waals surface area contributed by atoms with E-state index in [1.54, 1.807) is 48.7 Å². The maximum Gasteiger partial charge on any atom is 0.271 e. The molecular weight excluding hydrogens is 446 g/mol. The molecule has 1 heterocycles. The van der Waals surface area contributed by atoms with Crippen LogP contribution in [0.5, 0.6) is 0 Å². The van der Waals surface area contributed by atoms with Gasteiger partial charge in [-0.1, -0.05) is 18.2 Å². The predicted molar refractivity (Wildman–Crippen MR) is 119 cm³/mol. The second-order valence-corrected chi connectivity index (χ2v) is 11.1. The van der Waals surface area contributed by atoms with Crippen LogP contribution in [0.4, 0.5) is 17.1 Å². The summed E-state index contributed by atoms with van der Waals surface area (Å²) in [7, 11) is -7.19. The molecule has 158 valence electrons. The Hall–Kier alpha value is -2.89. The molecule has 3 rings (SSSR count). The van der Waals surface area contributed by atoms with Crippen molar-refractivity contribution in [2.24, 2.45) is 0 Å². The Labute approximate surface area is 179 Å². The maximum atomic E-state index is 12.6. The Morgan fingerprint density at radius 1 is 0.900 bits per heavy atom. The monoisotopic (exact) mass is 465 g/mol. The standard InChI is InChI=1S/C19H19N3O5S3/c1-13-8-9-15(12-17(13)22-29(2,24)25)20-19(23)14-5-3-6-16(11-14)21-30(26,27)18-7-4-10-28-18/h3-12,21-22H,1-2H3,(H,20,23). The van der Waals surface area contributed by atoms with Crippen molar-refractivity contribution in [2.75, 3.05) is 21.0 Å². The number of hydrogen-bond acceptors (Lipinski definition) is 6. The van der Waals surface area contributed by atoms with Gasteiger partial charge in [-0.15, -0.1) is 11.3 Å². The fourth-order valence-electron chi connectivity index (χ4n) is 2.56. The molecule has 0 saturated heterocycles. The van der Waals surface area contributed by atoms with Crippen LogP contribution in [-0.4, -0.2) is 29.0 Å². The summed E-state index contributed by atoms with van der Waals surface area (Å²) in [5.74, 6) is -0.471. The molecule has 0 atom stereocenters. The third-order valence-corrected chi connectivity index (χ3v) is 7.30. The zero-order valence-electron chi connectivity index (χ0n) is 16.0. The van der Waals surface area contributed by atoms with E-state index >= 15 is 0 Å². The van der Waals surface area contributed by atoms with Crippen molar-refractivity contribution >= 4 is 54.4 Å². The molecule has 8 nitrogen and oxygen atoms in total. The second kappa shape index (κ2) is 8.46. The summed E-state index contributed by atoms with van der Waals surface area (Å²) in [6.07, 6.45) is 1.04. The molecule has 0 radical (unpaired) electrons. The second-order valence-electron chi connectivity index (χ2n) is 6.48. The largest absolute Gasteiger partial charge is 0.322 e. The number of aryl methyl sites for hydroxylation is 1. The number of thiophene rings is 1. The van der Waals surface area contributed by atoms with E-state index in [4.69, 9.17) is 0 Å². The van der Waals surface area contributed by atoms with Gasteiger partial charge in [-0.25, -0.2) is 16.8 Å². The van der Waals surface area contributed by atoms with Crippen molar-refractivity contribution in [1.82, 2.24) is 0 Å². The van der Waals surface area contributed by atoms with Crippen LogP contribution in [0.1, 0.15) is 15.9 Å². The summed E-state index contributed by atoms with van der Waals surface area (Å²) in [4.78, 5) is 12.6. The van der Waals surface area contributed by atoms with Crippen LogP contribution in [0.15, 0.2) is 64.2 Å². The average molecular weight is 466 g/mol. The zero-order chi connectivity index (χ0) is 21.9. The van der Waals surface area contributed by atoms with Crippen LogP contribution in [-0.2, 0) is 20.0 Å². The highest BCUT2D eigenvalue weighted by Crippen LogP contribution is 2.23. The first-order chi connectivity index (χ1) is 14.0. The first kappa shape index (κ1) is 21.8. The van der Waals surface area contributed by atoms with Gasteiger partial charge in [0.05, 0.1) is 11.9 Å². The minimum atomic E-state index is -3.73. The van der Waals surface area contributed by atoms with Gasteiger partial charge in [-0.05, 0) is 54.3 Å². The van der Waals surface area contributed by atoms with Crippen molar-refractivity contribution in [2.45, 2.75) is 11.1 Å². The molecule has 0 aliphatic carbocycles. The molecule has 3 aromatic rings. The summed E-state index contributed by atoms with van der Waals surface area (Å²) in [6.45, 7) is 1.74. The van der Waals surface area contributed by atoms with Gasteiger partial charge in [0.25, 0.3) is 15.9 Å². The van der Waals surface area contributed by atoms with E-state index in [0.717, 1.165) is 17.6 Å². The lowest BCUT2D eigenvalue weighted by atomic mass is 10.1. The highest BCUT2D eigenvalue weighted by atomic mass is 32.2. The Kier molecular flexibility index (Phi) is 6.15. The number of carbonyl (C=O) groups is 1. The van der Waals surface area contributed by atoms with Crippen LogP contribution < -0.4 is 14.8 Å². The van der Waals surface area contributed by atoms with Gasteiger partial charge in [0, 0.05) is 16.9 Å². The van der Waals surface area contributed by atoms with Crippen molar-refractivity contribution < 1.29 is 21.6 Å². The van der Waals surface area contributed by atoms with Gasteiger partial charge >= 0.3 is 0 Å². The summed E-state index contributed by atoms with van der Waals surface area (Å²) in [6, 6.07) is 14.0. The average Bonchev–Trinajstić information content (AvgIpc) is 3.19. The van der Waals surface area contributed by atoms with E-state index in [0.29, 0.717) is 16.9 Å². The SMILES string of the molecule is Cc1ccc(NC(=O)c2cccc(NS(=O)(=O)c3cccs3)c2)cc1NS(C)(=O)=O. The van der Waals surface area contributed by atoms with E-state index < -0.39 is 26.0 Å². The van der Waals surface area contributed by atoms with Gasteiger partial charge in [0.2, 0.25) is 10.0 Å². The smallest absolute Gasteiger partial charge is 0.271 e. The third kappa shape index (κ3) is 5.59. The van der Waals surface area contributed by atoms with Crippen LogP contribution in [0.3, 0.4) is 0 Å². The van der Waals surface area contributed by atoms with Crippen LogP contribution in [0.2, 0.25) is 0 Å². The zero-order valence-corrected chi connectivity index (χ0v) is 18.5. The van der Waals surface area contributed by atoms with E-state index in [9.17, 15) is 21.6 Å². The lowest BCUT2D eigenvalue weighted by Crippen LogP contribution is -2.15. The minimum absolute atomic E-state index is 0.169. The highest BCUT2D eigenvalue weighted by Gasteiger charge is 2.16. The molecule has 1 amide bonds. The number of amides is 1. The normalized spacial score (nSPS) is 11.7. The van der Waals surface area contributed by atoms with E-state index in [1.807, 2.05) is 0 Å². The maximum absolute atomic E-state index is 12.6. The van der Waals surface area contributed by atoms with Gasteiger partial charge < -0.3 is 5.32 Å². The summed E-state index contributed by atoms with van der Waals surface area (Å²) in [5, 5.41) is 4.34. The van der Waals surface area contributed by atoms with E-state index in [2.05, 4.69) is 14.8 Å². The van der Waals surface area contributed by atoms with E-state index in [1.165, 1.54) is 18.2 Å². The molecule has 30 heavy (non-hydrogen) atoms. The Morgan fingerprint density at radius 2 is 1.67 bits per heavy atom. The molecular formula is C19H19N3O5S3. The van der Waals surface area contributed by atoms with Crippen LogP contribution >= 0.6 is 11.3 Å². The minimum Gasteiger partial charge on any atom is -0.322 e. The molecule has 2 aromatic carbocycles. The van der Waals surface area contributed by atoms with Gasteiger partial charge in [0.15, 0.2) is 0 Å². The quantitative estimate of drug-likeness (QED) is 0.493. The van der Waals surface area contributed by atoms with Crippen molar-refractivity contribution in [3.8, 4) is 0 Å².